The Morgan fingerprint density at radius 1 is 1.36 bits per heavy atom. The van der Waals surface area contributed by atoms with E-state index in [1.54, 1.807) is 5.51 Å². The number of carbonyl (C=O) groups is 1. The molecule has 0 aliphatic carbocycles. The van der Waals surface area contributed by atoms with Gasteiger partial charge in [-0.15, -0.1) is 11.3 Å². The van der Waals surface area contributed by atoms with Gasteiger partial charge in [0.15, 0.2) is 5.15 Å². The predicted molar refractivity (Wildman–Crippen MR) is 91.5 cm³/mol. The molecule has 0 radical (unpaired) electrons. The quantitative estimate of drug-likeness (QED) is 0.845. The van der Waals surface area contributed by atoms with Gasteiger partial charge in [0.1, 0.15) is 4.88 Å². The molecule has 1 heterocycles. The van der Waals surface area contributed by atoms with Gasteiger partial charge >= 0.3 is 0 Å². The van der Waals surface area contributed by atoms with E-state index in [1.165, 1.54) is 16.9 Å². The molecule has 0 fully saturated rings. The van der Waals surface area contributed by atoms with E-state index in [1.807, 2.05) is 18.2 Å². The molecule has 1 amide bonds. The van der Waals surface area contributed by atoms with Crippen LogP contribution in [0.2, 0.25) is 5.15 Å². The summed E-state index contributed by atoms with van der Waals surface area (Å²) in [5.74, 6) is -0.185. The molecule has 2 N–H and O–H groups in total. The van der Waals surface area contributed by atoms with Crippen LogP contribution in [0.4, 0.5) is 0 Å². The van der Waals surface area contributed by atoms with E-state index in [-0.39, 0.29) is 22.6 Å². The molecule has 1 aromatic carbocycles. The minimum absolute atomic E-state index is 0.185. The van der Waals surface area contributed by atoms with Gasteiger partial charge in [0, 0.05) is 18.1 Å². The van der Waals surface area contributed by atoms with Crippen LogP contribution in [0, 0.1) is 0 Å². The molecule has 118 valence electrons. The number of thiazole rings is 1. The molecule has 0 aliphatic rings. The van der Waals surface area contributed by atoms with Crippen molar-refractivity contribution in [1.82, 2.24) is 15.6 Å². The lowest BCUT2D eigenvalue weighted by Gasteiger charge is -2.30. The normalized spacial score (nSPS) is 12.9. The van der Waals surface area contributed by atoms with Gasteiger partial charge in [-0.2, -0.15) is 0 Å². The van der Waals surface area contributed by atoms with Crippen molar-refractivity contribution in [3.05, 3.63) is 51.4 Å². The molecule has 0 saturated carbocycles. The maximum absolute atomic E-state index is 12.1. The van der Waals surface area contributed by atoms with Crippen molar-refractivity contribution in [3.63, 3.8) is 0 Å². The minimum atomic E-state index is -0.248. The van der Waals surface area contributed by atoms with Gasteiger partial charge in [0.05, 0.1) is 5.51 Å². The zero-order chi connectivity index (χ0) is 16.2. The van der Waals surface area contributed by atoms with Crippen LogP contribution in [0.3, 0.4) is 0 Å². The topological polar surface area (TPSA) is 54.0 Å². The van der Waals surface area contributed by atoms with Gasteiger partial charge in [-0.25, -0.2) is 4.98 Å². The molecule has 2 rings (SSSR count). The fourth-order valence-corrected chi connectivity index (χ4v) is 3.14. The lowest BCUT2D eigenvalue weighted by atomic mass is 10.0. The Bertz CT molecular complexity index is 627. The van der Waals surface area contributed by atoms with Crippen LogP contribution < -0.4 is 10.6 Å². The van der Waals surface area contributed by atoms with Gasteiger partial charge in [0.25, 0.3) is 5.91 Å². The first-order valence-electron chi connectivity index (χ1n) is 7.09. The highest BCUT2D eigenvalue weighted by molar-refractivity contribution is 7.12. The zero-order valence-electron chi connectivity index (χ0n) is 12.9. The summed E-state index contributed by atoms with van der Waals surface area (Å²) in [5, 5.41) is 6.69. The average Bonchev–Trinajstić information content (AvgIpc) is 2.91. The van der Waals surface area contributed by atoms with Crippen molar-refractivity contribution in [2.75, 3.05) is 6.54 Å². The first-order chi connectivity index (χ1) is 10.4. The molecule has 2 aromatic rings. The molecule has 1 aromatic heterocycles. The van der Waals surface area contributed by atoms with Gasteiger partial charge in [0.2, 0.25) is 0 Å². The number of carbonyl (C=O) groups excluding carboxylic acids is 1. The summed E-state index contributed by atoms with van der Waals surface area (Å²) in [4.78, 5) is 16.4. The van der Waals surface area contributed by atoms with Crippen molar-refractivity contribution < 1.29 is 4.79 Å². The molecular weight excluding hydrogens is 318 g/mol. The number of benzene rings is 1. The van der Waals surface area contributed by atoms with Crippen molar-refractivity contribution in [1.29, 1.82) is 0 Å². The number of rotatable bonds is 6. The number of amides is 1. The standard InChI is InChI=1S/C16H20ClN3OS/c1-11(12-7-5-4-6-8-12)20-16(2,3)9-18-15(21)13-14(17)19-10-22-13/h4-8,10-11,20H,9H2,1-3H3,(H,18,21)/t11-/m0/s1. The number of nitrogens with zero attached hydrogens (tertiary/aromatic N) is 1. The van der Waals surface area contributed by atoms with E-state index in [0.717, 1.165) is 0 Å². The summed E-state index contributed by atoms with van der Waals surface area (Å²) in [7, 11) is 0. The Morgan fingerprint density at radius 2 is 2.05 bits per heavy atom. The number of aromatic nitrogens is 1. The fraction of sp³-hybridized carbons (Fsp3) is 0.375. The molecule has 4 nitrogen and oxygen atoms in total. The third-order valence-electron chi connectivity index (χ3n) is 3.33. The Morgan fingerprint density at radius 3 is 2.64 bits per heavy atom. The van der Waals surface area contributed by atoms with Crippen LogP contribution in [-0.2, 0) is 0 Å². The monoisotopic (exact) mass is 337 g/mol. The number of hydrogen-bond donors (Lipinski definition) is 2. The van der Waals surface area contributed by atoms with Crippen LogP contribution in [0.25, 0.3) is 0 Å². The largest absolute Gasteiger partial charge is 0.349 e. The summed E-state index contributed by atoms with van der Waals surface area (Å²) in [6.07, 6.45) is 0. The van der Waals surface area contributed by atoms with E-state index in [9.17, 15) is 4.79 Å². The van der Waals surface area contributed by atoms with Gasteiger partial charge < -0.3 is 10.6 Å². The maximum Gasteiger partial charge on any atom is 0.264 e. The van der Waals surface area contributed by atoms with Gasteiger partial charge in [-0.3, -0.25) is 4.79 Å². The number of nitrogens with one attached hydrogen (secondary N) is 2. The van der Waals surface area contributed by atoms with Crippen LogP contribution in [0.1, 0.15) is 42.0 Å². The average molecular weight is 338 g/mol. The Hall–Kier alpha value is -1.43. The summed E-state index contributed by atoms with van der Waals surface area (Å²) in [6.45, 7) is 6.72. The van der Waals surface area contributed by atoms with Crippen LogP contribution in [0.15, 0.2) is 35.8 Å². The van der Waals surface area contributed by atoms with Gasteiger partial charge in [-0.05, 0) is 26.3 Å². The van der Waals surface area contributed by atoms with Crippen molar-refractivity contribution in [2.45, 2.75) is 32.4 Å². The van der Waals surface area contributed by atoms with E-state index >= 15 is 0 Å². The van der Waals surface area contributed by atoms with Crippen LogP contribution in [0.5, 0.6) is 0 Å². The molecule has 0 bridgehead atoms. The van der Waals surface area contributed by atoms with Crippen LogP contribution in [-0.4, -0.2) is 23.0 Å². The molecule has 0 spiro atoms. The minimum Gasteiger partial charge on any atom is -0.349 e. The third kappa shape index (κ3) is 4.53. The maximum atomic E-state index is 12.1. The zero-order valence-corrected chi connectivity index (χ0v) is 14.5. The van der Waals surface area contributed by atoms with Crippen molar-refractivity contribution in [2.24, 2.45) is 0 Å². The molecule has 0 aliphatic heterocycles. The van der Waals surface area contributed by atoms with Crippen LogP contribution >= 0.6 is 22.9 Å². The second kappa shape index (κ2) is 7.22. The highest BCUT2D eigenvalue weighted by Gasteiger charge is 2.23. The molecule has 0 unspecified atom stereocenters. The highest BCUT2D eigenvalue weighted by Crippen LogP contribution is 2.19. The SMILES string of the molecule is C[C@H](NC(C)(C)CNC(=O)c1scnc1Cl)c1ccccc1. The number of hydrogen-bond acceptors (Lipinski definition) is 4. The fourth-order valence-electron chi connectivity index (χ4n) is 2.22. The van der Waals surface area contributed by atoms with E-state index in [0.29, 0.717) is 11.4 Å². The second-order valence-electron chi connectivity index (χ2n) is 5.82. The van der Waals surface area contributed by atoms with E-state index in [2.05, 4.69) is 48.5 Å². The molecular formula is C16H20ClN3OS. The number of halogens is 1. The Kier molecular flexibility index (Phi) is 5.56. The lowest BCUT2D eigenvalue weighted by molar-refractivity contribution is 0.0945. The smallest absolute Gasteiger partial charge is 0.264 e. The second-order valence-corrected chi connectivity index (χ2v) is 7.03. The highest BCUT2D eigenvalue weighted by atomic mass is 35.5. The predicted octanol–water partition coefficient (Wildman–Crippen LogP) is 3.66. The molecule has 22 heavy (non-hydrogen) atoms. The van der Waals surface area contributed by atoms with E-state index < -0.39 is 0 Å². The molecule has 6 heteroatoms. The Balaban J connectivity index is 1.91. The van der Waals surface area contributed by atoms with Gasteiger partial charge in [-0.1, -0.05) is 41.9 Å². The Labute approximate surface area is 139 Å². The third-order valence-corrected chi connectivity index (χ3v) is 4.55. The summed E-state index contributed by atoms with van der Waals surface area (Å²) in [6, 6.07) is 10.4. The molecule has 1 atom stereocenters. The van der Waals surface area contributed by atoms with E-state index in [4.69, 9.17) is 11.6 Å². The lowest BCUT2D eigenvalue weighted by Crippen LogP contribution is -2.49. The summed E-state index contributed by atoms with van der Waals surface area (Å²) < 4.78 is 0. The summed E-state index contributed by atoms with van der Waals surface area (Å²) >= 11 is 7.12. The van der Waals surface area contributed by atoms with Crippen molar-refractivity contribution >= 4 is 28.8 Å². The first kappa shape index (κ1) is 16.9. The summed E-state index contributed by atoms with van der Waals surface area (Å²) in [5.41, 5.74) is 2.53. The first-order valence-corrected chi connectivity index (χ1v) is 8.34. The molecule has 0 saturated heterocycles. The van der Waals surface area contributed by atoms with Crippen molar-refractivity contribution in [3.8, 4) is 0 Å².